The lowest BCUT2D eigenvalue weighted by atomic mass is 10.1. The number of aromatic nitrogens is 1. The highest BCUT2D eigenvalue weighted by Crippen LogP contribution is 2.39. The molecule has 2 aromatic rings. The van der Waals surface area contributed by atoms with Gasteiger partial charge >= 0.3 is 5.82 Å². The summed E-state index contributed by atoms with van der Waals surface area (Å²) in [6, 6.07) is 6.03. The van der Waals surface area contributed by atoms with Crippen molar-refractivity contribution in [3.8, 4) is 17.0 Å². The molecule has 104 valence electrons. The Bertz CT molecular complexity index is 692. The molecule has 0 radical (unpaired) electrons. The number of nitro groups is 1. The van der Waals surface area contributed by atoms with Gasteiger partial charge in [0.2, 0.25) is 5.75 Å². The molecule has 0 aliphatic rings. The van der Waals surface area contributed by atoms with Crippen molar-refractivity contribution in [3.05, 3.63) is 49.4 Å². The van der Waals surface area contributed by atoms with Crippen LogP contribution in [0.25, 0.3) is 11.3 Å². The van der Waals surface area contributed by atoms with Crippen molar-refractivity contribution in [1.82, 2.24) is 4.98 Å². The first-order valence-electron chi connectivity index (χ1n) is 5.29. The Balaban J connectivity index is 2.68. The summed E-state index contributed by atoms with van der Waals surface area (Å²) < 4.78 is 4.89. The highest BCUT2D eigenvalue weighted by molar-refractivity contribution is 6.46. The Labute approximate surface area is 129 Å². The van der Waals surface area contributed by atoms with E-state index in [9.17, 15) is 10.1 Å². The quantitative estimate of drug-likeness (QED) is 0.467. The van der Waals surface area contributed by atoms with Crippen LogP contribution in [-0.2, 0) is 0 Å². The van der Waals surface area contributed by atoms with Crippen LogP contribution >= 0.6 is 34.8 Å². The van der Waals surface area contributed by atoms with Crippen molar-refractivity contribution < 1.29 is 9.66 Å². The Morgan fingerprint density at radius 3 is 2.40 bits per heavy atom. The van der Waals surface area contributed by atoms with Gasteiger partial charge in [-0.15, -0.1) is 0 Å². The Morgan fingerprint density at radius 2 is 1.80 bits per heavy atom. The molecule has 0 atom stereocenters. The molecule has 0 saturated heterocycles. The average Bonchev–Trinajstić information content (AvgIpc) is 2.43. The van der Waals surface area contributed by atoms with Crippen LogP contribution in [0.3, 0.4) is 0 Å². The molecule has 0 aliphatic heterocycles. The van der Waals surface area contributed by atoms with Crippen molar-refractivity contribution in [3.63, 3.8) is 0 Å². The molecule has 1 aromatic heterocycles. The van der Waals surface area contributed by atoms with Crippen molar-refractivity contribution in [1.29, 1.82) is 0 Å². The van der Waals surface area contributed by atoms with E-state index in [2.05, 4.69) is 4.98 Å². The molecule has 0 bridgehead atoms. The molecular formula is C12H7Cl3N2O3. The number of halogens is 3. The number of pyridine rings is 1. The molecule has 0 amide bonds. The summed E-state index contributed by atoms with van der Waals surface area (Å²) in [6.45, 7) is 0. The van der Waals surface area contributed by atoms with Crippen LogP contribution in [0.4, 0.5) is 5.82 Å². The summed E-state index contributed by atoms with van der Waals surface area (Å²) in [7, 11) is 1.32. The van der Waals surface area contributed by atoms with Gasteiger partial charge in [-0.3, -0.25) is 0 Å². The molecular weight excluding hydrogens is 327 g/mol. The van der Waals surface area contributed by atoms with Crippen LogP contribution in [0.15, 0.2) is 24.3 Å². The number of nitrogens with zero attached hydrogens (tertiary/aromatic N) is 2. The van der Waals surface area contributed by atoms with E-state index in [0.717, 1.165) is 0 Å². The molecule has 1 heterocycles. The molecule has 5 nitrogen and oxygen atoms in total. The van der Waals surface area contributed by atoms with Crippen molar-refractivity contribution in [2.24, 2.45) is 0 Å². The maximum Gasteiger partial charge on any atom is 0.406 e. The second-order valence-corrected chi connectivity index (χ2v) is 4.89. The van der Waals surface area contributed by atoms with E-state index >= 15 is 0 Å². The molecule has 1 aromatic carbocycles. The van der Waals surface area contributed by atoms with Gasteiger partial charge in [-0.2, -0.15) is 0 Å². The number of ether oxygens (including phenoxy) is 1. The summed E-state index contributed by atoms with van der Waals surface area (Å²) in [4.78, 5) is 14.3. The van der Waals surface area contributed by atoms with Gasteiger partial charge in [0.1, 0.15) is 0 Å². The summed E-state index contributed by atoms with van der Waals surface area (Å²) in [5, 5.41) is 11.7. The van der Waals surface area contributed by atoms with E-state index < -0.39 is 10.7 Å². The second kappa shape index (κ2) is 5.83. The van der Waals surface area contributed by atoms with Crippen molar-refractivity contribution in [2.75, 3.05) is 7.11 Å². The predicted octanol–water partition coefficient (Wildman–Crippen LogP) is 4.63. The average molecular weight is 334 g/mol. The topological polar surface area (TPSA) is 65.3 Å². The molecule has 20 heavy (non-hydrogen) atoms. The van der Waals surface area contributed by atoms with E-state index in [4.69, 9.17) is 39.5 Å². The largest absolute Gasteiger partial charge is 0.489 e. The fourth-order valence-electron chi connectivity index (χ4n) is 1.63. The Kier molecular flexibility index (Phi) is 4.32. The fourth-order valence-corrected chi connectivity index (χ4v) is 2.35. The zero-order valence-corrected chi connectivity index (χ0v) is 12.3. The lowest BCUT2D eigenvalue weighted by molar-refractivity contribution is -0.390. The predicted molar refractivity (Wildman–Crippen MR) is 77.9 cm³/mol. The van der Waals surface area contributed by atoms with Crippen LogP contribution in [0, 0.1) is 10.1 Å². The first-order chi connectivity index (χ1) is 9.45. The standard InChI is InChI=1S/C12H7Cl3N2O3/c1-20-9-5-4-8(16-12(9)17(18)19)10-6(13)2-3-7(14)11(10)15/h2-5H,1H3. The third-order valence-corrected chi connectivity index (χ3v) is 3.65. The summed E-state index contributed by atoms with van der Waals surface area (Å²) >= 11 is 18.1. The summed E-state index contributed by atoms with van der Waals surface area (Å²) in [5.41, 5.74) is 0.585. The van der Waals surface area contributed by atoms with Crippen LogP contribution in [0.2, 0.25) is 15.1 Å². The van der Waals surface area contributed by atoms with Crippen LogP contribution < -0.4 is 4.74 Å². The van der Waals surface area contributed by atoms with Gasteiger partial charge in [-0.25, -0.2) is 0 Å². The van der Waals surface area contributed by atoms with E-state index in [1.165, 1.54) is 25.3 Å². The number of rotatable bonds is 3. The van der Waals surface area contributed by atoms with Crippen molar-refractivity contribution in [2.45, 2.75) is 0 Å². The van der Waals surface area contributed by atoms with Gasteiger partial charge in [-0.1, -0.05) is 34.8 Å². The summed E-state index contributed by atoms with van der Waals surface area (Å²) in [5.74, 6) is -0.370. The minimum Gasteiger partial charge on any atom is -0.489 e. The zero-order valence-electron chi connectivity index (χ0n) is 10.1. The molecule has 0 aliphatic carbocycles. The van der Waals surface area contributed by atoms with Gasteiger partial charge in [0, 0.05) is 0 Å². The maximum absolute atomic E-state index is 11.0. The van der Waals surface area contributed by atoms with Gasteiger partial charge in [0.25, 0.3) is 0 Å². The fraction of sp³-hybridized carbons (Fsp3) is 0.0833. The van der Waals surface area contributed by atoms with E-state index in [-0.39, 0.29) is 21.5 Å². The van der Waals surface area contributed by atoms with Crippen LogP contribution in [0.1, 0.15) is 0 Å². The Morgan fingerprint density at radius 1 is 1.15 bits per heavy atom. The third-order valence-electron chi connectivity index (χ3n) is 2.53. The first kappa shape index (κ1) is 14.8. The number of hydrogen-bond acceptors (Lipinski definition) is 4. The molecule has 0 spiro atoms. The highest BCUT2D eigenvalue weighted by atomic mass is 35.5. The number of methoxy groups -OCH3 is 1. The van der Waals surface area contributed by atoms with Gasteiger partial charge in [-0.05, 0) is 34.2 Å². The lowest BCUT2D eigenvalue weighted by Gasteiger charge is -2.06. The number of benzene rings is 1. The monoisotopic (exact) mass is 332 g/mol. The molecule has 0 N–H and O–H groups in total. The SMILES string of the molecule is COc1ccc(-c2c(Cl)ccc(Cl)c2Cl)nc1[N+](=O)[O-]. The van der Waals surface area contributed by atoms with E-state index in [1.54, 1.807) is 6.07 Å². The third kappa shape index (κ3) is 2.65. The minimum absolute atomic E-state index is 0.0491. The molecule has 0 unspecified atom stereocenters. The zero-order chi connectivity index (χ0) is 14.9. The maximum atomic E-state index is 11.0. The van der Waals surface area contributed by atoms with Crippen molar-refractivity contribution >= 4 is 40.6 Å². The first-order valence-corrected chi connectivity index (χ1v) is 6.42. The summed E-state index contributed by atoms with van der Waals surface area (Å²) in [6.07, 6.45) is 0. The van der Waals surface area contributed by atoms with Gasteiger partial charge in [0.15, 0.2) is 5.69 Å². The minimum atomic E-state index is -0.644. The molecule has 2 rings (SSSR count). The van der Waals surface area contributed by atoms with Gasteiger partial charge in [0.05, 0.1) is 27.7 Å². The second-order valence-electron chi connectivity index (χ2n) is 3.70. The normalized spacial score (nSPS) is 10.4. The molecule has 8 heteroatoms. The van der Waals surface area contributed by atoms with Crippen LogP contribution in [0.5, 0.6) is 5.75 Å². The molecule has 0 saturated carbocycles. The van der Waals surface area contributed by atoms with Crippen LogP contribution in [-0.4, -0.2) is 17.0 Å². The van der Waals surface area contributed by atoms with E-state index in [0.29, 0.717) is 10.6 Å². The smallest absolute Gasteiger partial charge is 0.406 e. The molecule has 0 fully saturated rings. The Hall–Kier alpha value is -1.56. The lowest BCUT2D eigenvalue weighted by Crippen LogP contribution is -1.98. The number of hydrogen-bond donors (Lipinski definition) is 0. The highest BCUT2D eigenvalue weighted by Gasteiger charge is 2.23. The van der Waals surface area contributed by atoms with E-state index in [1.807, 2.05) is 0 Å². The van der Waals surface area contributed by atoms with Gasteiger partial charge < -0.3 is 14.9 Å².